The van der Waals surface area contributed by atoms with Gasteiger partial charge in [0.15, 0.2) is 10.9 Å². The second-order valence-electron chi connectivity index (χ2n) is 7.53. The first-order valence-electron chi connectivity index (χ1n) is 10.0. The fourth-order valence-corrected chi connectivity index (χ4v) is 4.24. The van der Waals surface area contributed by atoms with Gasteiger partial charge < -0.3 is 9.64 Å². The lowest BCUT2D eigenvalue weighted by Gasteiger charge is -2.16. The van der Waals surface area contributed by atoms with Crippen molar-refractivity contribution in [3.05, 3.63) is 64.4 Å². The molecule has 3 aromatic rings. The van der Waals surface area contributed by atoms with Crippen LogP contribution in [0.15, 0.2) is 58.5 Å². The number of rotatable bonds is 9. The minimum atomic E-state index is -0.378. The van der Waals surface area contributed by atoms with E-state index in [-0.39, 0.29) is 16.6 Å². The van der Waals surface area contributed by atoms with Gasteiger partial charge in [0.1, 0.15) is 5.75 Å². The van der Waals surface area contributed by atoms with E-state index in [1.165, 1.54) is 16.7 Å². The first-order valence-corrected chi connectivity index (χ1v) is 10.9. The summed E-state index contributed by atoms with van der Waals surface area (Å²) < 4.78 is 6.88. The van der Waals surface area contributed by atoms with Crippen LogP contribution < -0.4 is 15.2 Å². The van der Waals surface area contributed by atoms with E-state index >= 15 is 0 Å². The van der Waals surface area contributed by atoms with Gasteiger partial charge in [0.25, 0.3) is 5.56 Å². The van der Waals surface area contributed by atoms with Crippen molar-refractivity contribution in [1.29, 1.82) is 0 Å². The van der Waals surface area contributed by atoms with Crippen LogP contribution in [-0.2, 0) is 6.54 Å². The maximum absolute atomic E-state index is 13.1. The Balaban J connectivity index is 1.90. The minimum Gasteiger partial charge on any atom is -0.497 e. The average Bonchev–Trinajstić information content (AvgIpc) is 2.75. The van der Waals surface area contributed by atoms with Crippen molar-refractivity contribution in [2.24, 2.45) is 0 Å². The maximum Gasteiger partial charge on any atom is 0.262 e. The van der Waals surface area contributed by atoms with Gasteiger partial charge in [0, 0.05) is 18.5 Å². The number of ketones is 1. The molecular weight excluding hydrogens is 398 g/mol. The summed E-state index contributed by atoms with van der Waals surface area (Å²) in [6.07, 6.45) is 0.858. The SMILES string of the molecule is COc1ccc(C(=O)[C@H](C)Sc2nc3ccccc3c(=O)n2CCC[NH+](C)C)cc1. The predicted octanol–water partition coefficient (Wildman–Crippen LogP) is 2.30. The molecule has 1 heterocycles. The number of ether oxygens (including phenoxy) is 1. The Hall–Kier alpha value is -2.64. The Kier molecular flexibility index (Phi) is 7.29. The molecule has 0 aliphatic rings. The molecule has 2 aromatic carbocycles. The third-order valence-electron chi connectivity index (χ3n) is 4.91. The van der Waals surface area contributed by atoms with Crippen molar-refractivity contribution in [2.45, 2.75) is 30.3 Å². The lowest BCUT2D eigenvalue weighted by molar-refractivity contribution is -0.858. The molecule has 30 heavy (non-hydrogen) atoms. The number of hydrogen-bond donors (Lipinski definition) is 1. The van der Waals surface area contributed by atoms with Crippen LogP contribution in [0.25, 0.3) is 10.9 Å². The average molecular weight is 427 g/mol. The van der Waals surface area contributed by atoms with Crippen molar-refractivity contribution in [3.63, 3.8) is 0 Å². The van der Waals surface area contributed by atoms with Crippen LogP contribution >= 0.6 is 11.8 Å². The molecular formula is C23H28N3O3S+. The van der Waals surface area contributed by atoms with E-state index in [2.05, 4.69) is 14.1 Å². The Morgan fingerprint density at radius 2 is 1.87 bits per heavy atom. The van der Waals surface area contributed by atoms with E-state index in [1.54, 1.807) is 42.0 Å². The number of quaternary nitrogens is 1. The largest absolute Gasteiger partial charge is 0.497 e. The molecule has 1 aromatic heterocycles. The maximum atomic E-state index is 13.1. The van der Waals surface area contributed by atoms with Crippen LogP contribution in [0, 0.1) is 0 Å². The van der Waals surface area contributed by atoms with Crippen LogP contribution in [0.2, 0.25) is 0 Å². The van der Waals surface area contributed by atoms with Crippen molar-refractivity contribution < 1.29 is 14.4 Å². The van der Waals surface area contributed by atoms with Crippen LogP contribution in [-0.4, -0.2) is 48.3 Å². The Morgan fingerprint density at radius 3 is 2.53 bits per heavy atom. The smallest absolute Gasteiger partial charge is 0.262 e. The second-order valence-corrected chi connectivity index (χ2v) is 8.84. The quantitative estimate of drug-likeness (QED) is 0.323. The number of fused-ring (bicyclic) bond motifs is 1. The molecule has 0 aliphatic carbocycles. The molecule has 0 saturated heterocycles. The van der Waals surface area contributed by atoms with Crippen LogP contribution in [0.5, 0.6) is 5.75 Å². The molecule has 158 valence electrons. The molecule has 0 bridgehead atoms. The zero-order valence-corrected chi connectivity index (χ0v) is 18.7. The molecule has 7 heteroatoms. The van der Waals surface area contributed by atoms with E-state index < -0.39 is 0 Å². The van der Waals surface area contributed by atoms with Crippen molar-refractivity contribution >= 4 is 28.4 Å². The van der Waals surface area contributed by atoms with Crippen molar-refractivity contribution in [3.8, 4) is 5.75 Å². The number of nitrogens with zero attached hydrogens (tertiary/aromatic N) is 2. The van der Waals surface area contributed by atoms with Crippen molar-refractivity contribution in [1.82, 2.24) is 9.55 Å². The predicted molar refractivity (Wildman–Crippen MR) is 121 cm³/mol. The molecule has 3 rings (SSSR count). The summed E-state index contributed by atoms with van der Waals surface area (Å²) in [6, 6.07) is 14.4. The van der Waals surface area contributed by atoms with Crippen molar-refractivity contribution in [2.75, 3.05) is 27.7 Å². The molecule has 0 aliphatic heterocycles. The number of carbonyl (C=O) groups excluding carboxylic acids is 1. The second kappa shape index (κ2) is 9.91. The zero-order valence-electron chi connectivity index (χ0n) is 17.8. The Labute approximate surface area is 180 Å². The highest BCUT2D eigenvalue weighted by Gasteiger charge is 2.21. The van der Waals surface area contributed by atoms with Gasteiger partial charge in [-0.3, -0.25) is 14.2 Å². The number of Topliss-reactive ketones (excluding diaryl/α,β-unsaturated/α-hetero) is 1. The summed E-state index contributed by atoms with van der Waals surface area (Å²) in [4.78, 5) is 32.1. The number of aromatic nitrogens is 2. The van der Waals surface area contributed by atoms with Gasteiger partial charge in [0.2, 0.25) is 0 Å². The standard InChI is InChI=1S/C23H27N3O3S/c1-16(21(27)17-10-12-18(29-4)13-11-17)30-23-24-20-9-6-5-8-19(20)22(28)26(23)15-7-14-25(2)3/h5-6,8-13,16H,7,14-15H2,1-4H3/p+1/t16-/m0/s1. The zero-order chi connectivity index (χ0) is 21.7. The number of hydrogen-bond acceptors (Lipinski definition) is 5. The monoisotopic (exact) mass is 426 g/mol. The molecule has 0 amide bonds. The number of para-hydroxylation sites is 1. The molecule has 6 nitrogen and oxygen atoms in total. The van der Waals surface area contributed by atoms with Crippen LogP contribution in [0.4, 0.5) is 0 Å². The topological polar surface area (TPSA) is 65.6 Å². The fraction of sp³-hybridized carbons (Fsp3) is 0.348. The highest BCUT2D eigenvalue weighted by atomic mass is 32.2. The van der Waals surface area contributed by atoms with Gasteiger partial charge in [-0.1, -0.05) is 23.9 Å². The highest BCUT2D eigenvalue weighted by molar-refractivity contribution is 8.00. The van der Waals surface area contributed by atoms with E-state index in [9.17, 15) is 9.59 Å². The number of carbonyl (C=O) groups is 1. The highest BCUT2D eigenvalue weighted by Crippen LogP contribution is 2.26. The summed E-state index contributed by atoms with van der Waals surface area (Å²) in [7, 11) is 5.77. The van der Waals surface area contributed by atoms with E-state index in [4.69, 9.17) is 9.72 Å². The van der Waals surface area contributed by atoms with Gasteiger partial charge in [-0.05, 0) is 43.3 Å². The van der Waals surface area contributed by atoms with Gasteiger partial charge in [-0.15, -0.1) is 0 Å². The van der Waals surface area contributed by atoms with Gasteiger partial charge in [-0.2, -0.15) is 0 Å². The molecule has 0 fully saturated rings. The Bertz CT molecular complexity index is 1080. The van der Waals surface area contributed by atoms with E-state index in [0.717, 1.165) is 13.0 Å². The van der Waals surface area contributed by atoms with Gasteiger partial charge >= 0.3 is 0 Å². The lowest BCUT2D eigenvalue weighted by Crippen LogP contribution is -3.05. The van der Waals surface area contributed by atoms with E-state index in [1.807, 2.05) is 25.1 Å². The molecule has 1 N–H and O–H groups in total. The molecule has 1 atom stereocenters. The molecule has 0 radical (unpaired) electrons. The summed E-state index contributed by atoms with van der Waals surface area (Å²) in [5.41, 5.74) is 1.21. The first-order chi connectivity index (χ1) is 14.4. The van der Waals surface area contributed by atoms with Crippen LogP contribution in [0.1, 0.15) is 23.7 Å². The normalized spacial score (nSPS) is 12.3. The third kappa shape index (κ3) is 5.09. The first kappa shape index (κ1) is 22.1. The summed E-state index contributed by atoms with van der Waals surface area (Å²) >= 11 is 1.34. The van der Waals surface area contributed by atoms with Gasteiger partial charge in [0.05, 0.1) is 43.9 Å². The summed E-state index contributed by atoms with van der Waals surface area (Å²) in [5, 5.41) is 0.812. The van der Waals surface area contributed by atoms with Gasteiger partial charge in [-0.25, -0.2) is 4.98 Å². The number of methoxy groups -OCH3 is 1. The minimum absolute atomic E-state index is 0.00523. The third-order valence-corrected chi connectivity index (χ3v) is 6.00. The number of thioether (sulfide) groups is 1. The molecule has 0 spiro atoms. The fourth-order valence-electron chi connectivity index (χ4n) is 3.23. The molecule has 0 saturated carbocycles. The Morgan fingerprint density at radius 1 is 1.17 bits per heavy atom. The summed E-state index contributed by atoms with van der Waals surface area (Å²) in [6.45, 7) is 3.38. The molecule has 0 unspecified atom stereocenters. The number of nitrogens with one attached hydrogen (secondary N) is 1. The summed E-state index contributed by atoms with van der Waals surface area (Å²) in [5.74, 6) is 0.703. The number of benzene rings is 2. The lowest BCUT2D eigenvalue weighted by atomic mass is 10.1. The van der Waals surface area contributed by atoms with Crippen LogP contribution in [0.3, 0.4) is 0 Å². The van der Waals surface area contributed by atoms with E-state index in [0.29, 0.717) is 33.9 Å².